The second-order valence-corrected chi connectivity index (χ2v) is 9.67. The highest BCUT2D eigenvalue weighted by molar-refractivity contribution is 8.15. The number of amidine groups is 2. The van der Waals surface area contributed by atoms with Crippen molar-refractivity contribution >= 4 is 46.0 Å². The number of carbonyl (C=O) groups excluding carboxylic acids is 2. The molecule has 0 fully saturated rings. The molecule has 0 unspecified atom stereocenters. The average Bonchev–Trinajstić information content (AvgIpc) is 3.12. The maximum Gasteiger partial charge on any atom is 0.259 e. The predicted octanol–water partition coefficient (Wildman–Crippen LogP) is 5.07. The summed E-state index contributed by atoms with van der Waals surface area (Å²) >= 11 is 1.32. The van der Waals surface area contributed by atoms with Crippen LogP contribution in [-0.4, -0.2) is 39.0 Å². The number of nitrogens with one attached hydrogen (secondary N) is 1. The number of anilines is 1. The Kier molecular flexibility index (Phi) is 6.20. The van der Waals surface area contributed by atoms with E-state index in [2.05, 4.69) is 5.32 Å². The molecule has 166 valence electrons. The third-order valence-electron chi connectivity index (χ3n) is 5.77. The number of amides is 2. The van der Waals surface area contributed by atoms with Gasteiger partial charge in [-0.1, -0.05) is 62.9 Å². The summed E-state index contributed by atoms with van der Waals surface area (Å²) in [6.45, 7) is 9.92. The number of aliphatic imine (C=N–C) groups is 2. The molecule has 2 aliphatic rings. The maximum atomic E-state index is 13.2. The maximum absolute atomic E-state index is 13.2. The Morgan fingerprint density at radius 1 is 1.12 bits per heavy atom. The van der Waals surface area contributed by atoms with Gasteiger partial charge < -0.3 is 5.32 Å². The van der Waals surface area contributed by atoms with E-state index in [4.69, 9.17) is 9.98 Å². The molecule has 0 radical (unpaired) electrons. The van der Waals surface area contributed by atoms with Crippen LogP contribution in [0.2, 0.25) is 0 Å². The number of rotatable bonds is 5. The molecular formula is C25H28N4O2S. The van der Waals surface area contributed by atoms with Gasteiger partial charge in [0.25, 0.3) is 5.91 Å². The van der Waals surface area contributed by atoms with Gasteiger partial charge >= 0.3 is 0 Å². The zero-order valence-electron chi connectivity index (χ0n) is 19.0. The van der Waals surface area contributed by atoms with Gasteiger partial charge in [0.15, 0.2) is 5.17 Å². The number of hydrogen-bond acceptors (Lipinski definition) is 5. The summed E-state index contributed by atoms with van der Waals surface area (Å²) in [4.78, 5) is 37.6. The smallest absolute Gasteiger partial charge is 0.259 e. The standard InChI is InChI=1S/C25H28N4O2S/c1-6-19(23(30)28-21-15(4)10-9-11-16(21)5)32-25-26-18-13-8-7-12-17(18)22-27-20(14(2)3)24(31)29(22)25/h7-14,19-20H,6H2,1-5H3,(H,28,30)/t19-,20-/m1/s1. The number of hydrogen-bond donors (Lipinski definition) is 1. The fourth-order valence-corrected chi connectivity index (χ4v) is 4.97. The Labute approximate surface area is 193 Å². The van der Waals surface area contributed by atoms with Crippen molar-refractivity contribution in [2.75, 3.05) is 5.32 Å². The number of para-hydroxylation sites is 2. The van der Waals surface area contributed by atoms with Gasteiger partial charge in [-0.3, -0.25) is 14.6 Å². The molecule has 0 aromatic heterocycles. The van der Waals surface area contributed by atoms with E-state index in [9.17, 15) is 9.59 Å². The number of thioether (sulfide) groups is 1. The Hall–Kier alpha value is -2.93. The molecule has 6 nitrogen and oxygen atoms in total. The molecule has 7 heteroatoms. The molecule has 0 saturated carbocycles. The molecule has 0 bridgehead atoms. The van der Waals surface area contributed by atoms with Crippen LogP contribution in [0, 0.1) is 19.8 Å². The fraction of sp³-hybridized carbons (Fsp3) is 0.360. The lowest BCUT2D eigenvalue weighted by Crippen LogP contribution is -2.43. The number of nitrogens with zero attached hydrogens (tertiary/aromatic N) is 3. The van der Waals surface area contributed by atoms with E-state index in [0.717, 1.165) is 28.1 Å². The van der Waals surface area contributed by atoms with E-state index in [1.54, 1.807) is 4.90 Å². The van der Waals surface area contributed by atoms with Crippen LogP contribution in [0.4, 0.5) is 11.4 Å². The van der Waals surface area contributed by atoms with Crippen LogP contribution in [0.15, 0.2) is 52.4 Å². The lowest BCUT2D eigenvalue weighted by molar-refractivity contribution is -0.125. The highest BCUT2D eigenvalue weighted by atomic mass is 32.2. The Bertz CT molecular complexity index is 1120. The molecule has 2 heterocycles. The first-order valence-corrected chi connectivity index (χ1v) is 11.8. The van der Waals surface area contributed by atoms with Gasteiger partial charge in [-0.2, -0.15) is 0 Å². The van der Waals surface area contributed by atoms with Crippen molar-refractivity contribution in [3.8, 4) is 0 Å². The summed E-state index contributed by atoms with van der Waals surface area (Å²) in [6, 6.07) is 13.2. The van der Waals surface area contributed by atoms with Gasteiger partial charge in [0.05, 0.1) is 10.9 Å². The molecule has 4 rings (SSSR count). The molecule has 2 amide bonds. The van der Waals surface area contributed by atoms with Crippen LogP contribution in [0.25, 0.3) is 0 Å². The molecule has 2 aliphatic heterocycles. The van der Waals surface area contributed by atoms with Crippen molar-refractivity contribution in [3.05, 3.63) is 59.2 Å². The molecular weight excluding hydrogens is 420 g/mol. The van der Waals surface area contributed by atoms with Crippen LogP contribution >= 0.6 is 11.8 Å². The van der Waals surface area contributed by atoms with E-state index < -0.39 is 11.3 Å². The number of benzene rings is 2. The summed E-state index contributed by atoms with van der Waals surface area (Å²) < 4.78 is 0. The van der Waals surface area contributed by atoms with Gasteiger partial charge in [-0.25, -0.2) is 9.89 Å². The van der Waals surface area contributed by atoms with Crippen LogP contribution in [0.1, 0.15) is 43.9 Å². The van der Waals surface area contributed by atoms with E-state index in [0.29, 0.717) is 17.4 Å². The molecule has 0 saturated heterocycles. The van der Waals surface area contributed by atoms with E-state index in [1.165, 1.54) is 11.8 Å². The minimum Gasteiger partial charge on any atom is -0.325 e. The van der Waals surface area contributed by atoms with E-state index >= 15 is 0 Å². The number of fused-ring (bicyclic) bond motifs is 3. The Morgan fingerprint density at radius 3 is 2.47 bits per heavy atom. The van der Waals surface area contributed by atoms with Crippen molar-refractivity contribution < 1.29 is 9.59 Å². The predicted molar refractivity (Wildman–Crippen MR) is 132 cm³/mol. The number of aryl methyl sites for hydroxylation is 2. The highest BCUT2D eigenvalue weighted by Gasteiger charge is 2.43. The zero-order chi connectivity index (χ0) is 23.0. The van der Waals surface area contributed by atoms with Gasteiger partial charge in [0, 0.05) is 11.3 Å². The molecule has 0 spiro atoms. The van der Waals surface area contributed by atoms with Gasteiger partial charge in [0.2, 0.25) is 5.91 Å². The third kappa shape index (κ3) is 3.97. The lowest BCUT2D eigenvalue weighted by atomic mass is 10.1. The average molecular weight is 449 g/mol. The lowest BCUT2D eigenvalue weighted by Gasteiger charge is -2.27. The van der Waals surface area contributed by atoms with Crippen LogP contribution in [0.5, 0.6) is 0 Å². The molecule has 0 aliphatic carbocycles. The first-order chi connectivity index (χ1) is 15.3. The summed E-state index contributed by atoms with van der Waals surface area (Å²) in [7, 11) is 0. The molecule has 2 atom stereocenters. The normalized spacial score (nSPS) is 18.1. The summed E-state index contributed by atoms with van der Waals surface area (Å²) in [5, 5.41) is 3.20. The Balaban J connectivity index is 1.65. The van der Waals surface area contributed by atoms with Crippen molar-refractivity contribution in [1.82, 2.24) is 4.90 Å². The van der Waals surface area contributed by atoms with Crippen molar-refractivity contribution in [3.63, 3.8) is 0 Å². The first-order valence-electron chi connectivity index (χ1n) is 11.0. The molecule has 2 aromatic rings. The second-order valence-electron chi connectivity index (χ2n) is 8.50. The van der Waals surface area contributed by atoms with E-state index in [-0.39, 0.29) is 17.7 Å². The summed E-state index contributed by atoms with van der Waals surface area (Å²) in [5.41, 5.74) is 4.50. The minimum absolute atomic E-state index is 0.0771. The molecule has 32 heavy (non-hydrogen) atoms. The fourth-order valence-electron chi connectivity index (χ4n) is 3.95. The van der Waals surface area contributed by atoms with Gasteiger partial charge in [0.1, 0.15) is 11.9 Å². The van der Waals surface area contributed by atoms with Crippen molar-refractivity contribution in [2.24, 2.45) is 15.9 Å². The van der Waals surface area contributed by atoms with Crippen LogP contribution in [0.3, 0.4) is 0 Å². The second kappa shape index (κ2) is 8.90. The van der Waals surface area contributed by atoms with Crippen LogP contribution < -0.4 is 5.32 Å². The summed E-state index contributed by atoms with van der Waals surface area (Å²) in [6.07, 6.45) is 0.601. The van der Waals surface area contributed by atoms with Crippen molar-refractivity contribution in [2.45, 2.75) is 52.3 Å². The zero-order valence-corrected chi connectivity index (χ0v) is 19.9. The topological polar surface area (TPSA) is 74.1 Å². The quantitative estimate of drug-likeness (QED) is 0.694. The van der Waals surface area contributed by atoms with Gasteiger partial charge in [-0.15, -0.1) is 0 Å². The van der Waals surface area contributed by atoms with Crippen LogP contribution in [-0.2, 0) is 9.59 Å². The Morgan fingerprint density at radius 2 is 1.81 bits per heavy atom. The van der Waals surface area contributed by atoms with E-state index in [1.807, 2.05) is 77.1 Å². The molecule has 1 N–H and O–H groups in total. The first kappa shape index (κ1) is 22.3. The number of carbonyl (C=O) groups is 2. The highest BCUT2D eigenvalue weighted by Crippen LogP contribution is 2.36. The SMILES string of the molecule is CC[C@@H](SC1=Nc2ccccc2C2=N[C@H](C(C)C)C(=O)N12)C(=O)Nc1c(C)cccc1C. The van der Waals surface area contributed by atoms with Gasteiger partial charge in [-0.05, 0) is 49.4 Å². The largest absolute Gasteiger partial charge is 0.325 e. The molecule has 2 aromatic carbocycles. The third-order valence-corrected chi connectivity index (χ3v) is 7.09. The summed E-state index contributed by atoms with van der Waals surface area (Å²) in [5.74, 6) is 0.530. The monoisotopic (exact) mass is 448 g/mol. The minimum atomic E-state index is -0.439. The van der Waals surface area contributed by atoms with Crippen molar-refractivity contribution in [1.29, 1.82) is 0 Å².